The van der Waals surface area contributed by atoms with E-state index in [-0.39, 0.29) is 11.8 Å². The van der Waals surface area contributed by atoms with Gasteiger partial charge >= 0.3 is 0 Å². The molecule has 3 aromatic rings. The molecule has 3 rings (SSSR count). The normalized spacial score (nSPS) is 10.3. The first-order valence-corrected chi connectivity index (χ1v) is 8.77. The molecule has 0 unspecified atom stereocenters. The topological polar surface area (TPSA) is 71.1 Å². The fourth-order valence-electron chi connectivity index (χ4n) is 2.74. The van der Waals surface area contributed by atoms with Gasteiger partial charge in [0.25, 0.3) is 5.91 Å². The zero-order valence-corrected chi connectivity index (χ0v) is 15.1. The molecule has 27 heavy (non-hydrogen) atoms. The summed E-state index contributed by atoms with van der Waals surface area (Å²) in [4.78, 5) is 28.4. The van der Waals surface area contributed by atoms with Crippen LogP contribution in [0.3, 0.4) is 0 Å². The summed E-state index contributed by atoms with van der Waals surface area (Å²) in [6.45, 7) is 2.04. The summed E-state index contributed by atoms with van der Waals surface area (Å²) in [6.07, 6.45) is 4.21. The number of nitrogens with zero attached hydrogens (tertiary/aromatic N) is 1. The van der Waals surface area contributed by atoms with E-state index in [1.807, 2.05) is 31.2 Å². The lowest BCUT2D eigenvalue weighted by Gasteiger charge is -2.09. The highest BCUT2D eigenvalue weighted by Crippen LogP contribution is 2.17. The molecule has 0 aliphatic rings. The van der Waals surface area contributed by atoms with Crippen LogP contribution in [0.1, 0.15) is 27.9 Å². The van der Waals surface area contributed by atoms with Gasteiger partial charge in [-0.15, -0.1) is 0 Å². The molecule has 0 saturated heterocycles. The molecular weight excluding hydrogens is 338 g/mol. The molecule has 2 aromatic carbocycles. The van der Waals surface area contributed by atoms with Crippen molar-refractivity contribution >= 4 is 23.2 Å². The second kappa shape index (κ2) is 8.76. The van der Waals surface area contributed by atoms with Crippen LogP contribution < -0.4 is 10.6 Å². The van der Waals surface area contributed by atoms with Gasteiger partial charge in [-0.1, -0.05) is 30.3 Å². The van der Waals surface area contributed by atoms with E-state index in [1.54, 1.807) is 42.6 Å². The Morgan fingerprint density at radius 2 is 1.70 bits per heavy atom. The highest BCUT2D eigenvalue weighted by molar-refractivity contribution is 6.04. The van der Waals surface area contributed by atoms with Crippen molar-refractivity contribution in [2.45, 2.75) is 19.8 Å². The third-order valence-corrected chi connectivity index (χ3v) is 4.21. The second-order valence-electron chi connectivity index (χ2n) is 6.25. The smallest absolute Gasteiger partial charge is 0.257 e. The van der Waals surface area contributed by atoms with Gasteiger partial charge in [0.1, 0.15) is 0 Å². The number of carbonyl (C=O) groups is 2. The predicted molar refractivity (Wildman–Crippen MR) is 107 cm³/mol. The van der Waals surface area contributed by atoms with Crippen molar-refractivity contribution in [1.29, 1.82) is 0 Å². The molecule has 0 atom stereocenters. The molecule has 0 aliphatic carbocycles. The van der Waals surface area contributed by atoms with Crippen molar-refractivity contribution in [3.63, 3.8) is 0 Å². The Labute approximate surface area is 158 Å². The van der Waals surface area contributed by atoms with E-state index in [9.17, 15) is 9.59 Å². The summed E-state index contributed by atoms with van der Waals surface area (Å²) < 4.78 is 0. The minimum atomic E-state index is -0.244. The molecule has 2 amide bonds. The van der Waals surface area contributed by atoms with Gasteiger partial charge in [0.15, 0.2) is 0 Å². The van der Waals surface area contributed by atoms with Gasteiger partial charge < -0.3 is 10.6 Å². The predicted octanol–water partition coefficient (Wildman–Crippen LogP) is 4.21. The lowest BCUT2D eigenvalue weighted by Crippen LogP contribution is -2.14. The molecule has 0 radical (unpaired) electrons. The molecule has 0 fully saturated rings. The van der Waals surface area contributed by atoms with Crippen LogP contribution in [-0.4, -0.2) is 16.8 Å². The van der Waals surface area contributed by atoms with Crippen LogP contribution in [0, 0.1) is 6.92 Å². The first kappa shape index (κ1) is 18.3. The van der Waals surface area contributed by atoms with Gasteiger partial charge in [0.2, 0.25) is 5.91 Å². The van der Waals surface area contributed by atoms with E-state index in [4.69, 9.17) is 0 Å². The number of carbonyl (C=O) groups excluding carboxylic acids is 2. The Kier molecular flexibility index (Phi) is 5.94. The van der Waals surface area contributed by atoms with Gasteiger partial charge in [-0.2, -0.15) is 0 Å². The minimum Gasteiger partial charge on any atom is -0.326 e. The molecule has 2 N–H and O–H groups in total. The molecular formula is C22H21N3O2. The SMILES string of the molecule is Cc1ccccc1CCC(=O)Nc1cccc(NC(=O)c2cccnc2)c1. The highest BCUT2D eigenvalue weighted by atomic mass is 16.2. The average Bonchev–Trinajstić information content (AvgIpc) is 2.68. The van der Waals surface area contributed by atoms with E-state index >= 15 is 0 Å². The van der Waals surface area contributed by atoms with Crippen LogP contribution in [0.25, 0.3) is 0 Å². The maximum atomic E-state index is 12.2. The number of anilines is 2. The summed E-state index contributed by atoms with van der Waals surface area (Å²) in [5, 5.41) is 5.69. The average molecular weight is 359 g/mol. The number of aryl methyl sites for hydroxylation is 2. The highest BCUT2D eigenvalue weighted by Gasteiger charge is 2.08. The van der Waals surface area contributed by atoms with Crippen molar-refractivity contribution in [3.8, 4) is 0 Å². The third kappa shape index (κ3) is 5.25. The van der Waals surface area contributed by atoms with Crippen molar-refractivity contribution in [1.82, 2.24) is 4.98 Å². The fourth-order valence-corrected chi connectivity index (χ4v) is 2.74. The minimum absolute atomic E-state index is 0.0611. The van der Waals surface area contributed by atoms with Crippen LogP contribution in [-0.2, 0) is 11.2 Å². The monoisotopic (exact) mass is 359 g/mol. The molecule has 136 valence electrons. The second-order valence-corrected chi connectivity index (χ2v) is 6.25. The molecule has 5 heteroatoms. The zero-order chi connectivity index (χ0) is 19.1. The van der Waals surface area contributed by atoms with Crippen LogP contribution >= 0.6 is 0 Å². The number of aromatic nitrogens is 1. The van der Waals surface area contributed by atoms with Crippen LogP contribution in [0.15, 0.2) is 73.1 Å². The Balaban J connectivity index is 1.58. The summed E-state index contributed by atoms with van der Waals surface area (Å²) in [7, 11) is 0. The van der Waals surface area contributed by atoms with E-state index in [2.05, 4.69) is 15.6 Å². The number of hydrogen-bond donors (Lipinski definition) is 2. The van der Waals surface area contributed by atoms with E-state index in [0.29, 0.717) is 29.8 Å². The molecule has 0 saturated carbocycles. The Morgan fingerprint density at radius 1 is 0.926 bits per heavy atom. The molecule has 1 heterocycles. The summed E-state index contributed by atoms with van der Waals surface area (Å²) in [5.74, 6) is -0.305. The van der Waals surface area contributed by atoms with Crippen LogP contribution in [0.5, 0.6) is 0 Å². The first-order valence-electron chi connectivity index (χ1n) is 8.77. The fraction of sp³-hybridized carbons (Fsp3) is 0.136. The molecule has 0 spiro atoms. The Morgan fingerprint density at radius 3 is 2.44 bits per heavy atom. The van der Waals surface area contributed by atoms with Crippen molar-refractivity contribution in [2.24, 2.45) is 0 Å². The van der Waals surface area contributed by atoms with Crippen molar-refractivity contribution in [3.05, 3.63) is 89.7 Å². The molecule has 0 bridgehead atoms. The molecule has 1 aromatic heterocycles. The Hall–Kier alpha value is -3.47. The number of hydrogen-bond acceptors (Lipinski definition) is 3. The number of nitrogens with one attached hydrogen (secondary N) is 2. The first-order chi connectivity index (χ1) is 13.1. The number of pyridine rings is 1. The van der Waals surface area contributed by atoms with Crippen LogP contribution in [0.2, 0.25) is 0 Å². The van der Waals surface area contributed by atoms with Crippen molar-refractivity contribution in [2.75, 3.05) is 10.6 Å². The third-order valence-electron chi connectivity index (χ3n) is 4.21. The maximum absolute atomic E-state index is 12.2. The van der Waals surface area contributed by atoms with Crippen molar-refractivity contribution < 1.29 is 9.59 Å². The number of benzene rings is 2. The summed E-state index contributed by atoms with van der Waals surface area (Å²) in [5.41, 5.74) is 4.09. The standard InChI is InChI=1S/C22H21N3O2/c1-16-6-2-3-7-17(16)11-12-21(26)24-19-9-4-10-20(14-19)25-22(27)18-8-5-13-23-15-18/h2-10,13-15H,11-12H2,1H3,(H,24,26)(H,25,27). The van der Waals surface area contributed by atoms with Gasteiger partial charge in [-0.25, -0.2) is 0 Å². The number of amides is 2. The number of rotatable bonds is 6. The lowest BCUT2D eigenvalue weighted by atomic mass is 10.0. The van der Waals surface area contributed by atoms with Gasteiger partial charge in [0, 0.05) is 30.2 Å². The Bertz CT molecular complexity index is 939. The van der Waals surface area contributed by atoms with E-state index < -0.39 is 0 Å². The van der Waals surface area contributed by atoms with Gasteiger partial charge in [-0.3, -0.25) is 14.6 Å². The quantitative estimate of drug-likeness (QED) is 0.692. The molecule has 5 nitrogen and oxygen atoms in total. The van der Waals surface area contributed by atoms with Gasteiger partial charge in [0.05, 0.1) is 5.56 Å². The lowest BCUT2D eigenvalue weighted by molar-refractivity contribution is -0.116. The summed E-state index contributed by atoms with van der Waals surface area (Å²) in [6, 6.07) is 18.6. The van der Waals surface area contributed by atoms with Gasteiger partial charge in [-0.05, 0) is 54.8 Å². The zero-order valence-electron chi connectivity index (χ0n) is 15.1. The van der Waals surface area contributed by atoms with E-state index in [0.717, 1.165) is 0 Å². The van der Waals surface area contributed by atoms with E-state index in [1.165, 1.54) is 17.3 Å². The molecule has 0 aliphatic heterocycles. The maximum Gasteiger partial charge on any atom is 0.257 e. The van der Waals surface area contributed by atoms with Crippen LogP contribution in [0.4, 0.5) is 11.4 Å². The summed E-state index contributed by atoms with van der Waals surface area (Å²) >= 11 is 0. The largest absolute Gasteiger partial charge is 0.326 e.